The summed E-state index contributed by atoms with van der Waals surface area (Å²) in [6, 6.07) is 0. The third kappa shape index (κ3) is 52.0. The first-order valence-corrected chi connectivity index (χ1v) is 6.35. The van der Waals surface area contributed by atoms with Crippen molar-refractivity contribution in [3.63, 3.8) is 0 Å². The van der Waals surface area contributed by atoms with Gasteiger partial charge in [0, 0.05) is 6.61 Å². The van der Waals surface area contributed by atoms with Gasteiger partial charge in [0.1, 0.15) is 0 Å². The zero-order valence-electron chi connectivity index (χ0n) is 11.9. The van der Waals surface area contributed by atoms with Crippen LogP contribution in [0.1, 0.15) is 46.5 Å². The fraction of sp³-hybridized carbons (Fsp3) is 0.500. The quantitative estimate of drug-likeness (QED) is 0.507. The molecule has 0 spiro atoms. The summed E-state index contributed by atoms with van der Waals surface area (Å²) in [5.41, 5.74) is 0. The average molecular weight is 238 g/mol. The Labute approximate surface area is 108 Å². The monoisotopic (exact) mass is 238 g/mol. The van der Waals surface area contributed by atoms with E-state index in [2.05, 4.69) is 51.3 Å². The molecule has 0 radical (unpaired) electrons. The van der Waals surface area contributed by atoms with E-state index in [-0.39, 0.29) is 0 Å². The number of aliphatic hydroxyl groups excluding tert-OH is 1. The van der Waals surface area contributed by atoms with Crippen LogP contribution in [-0.2, 0) is 0 Å². The van der Waals surface area contributed by atoms with Crippen molar-refractivity contribution in [2.75, 3.05) is 6.61 Å². The molecular formula is C16H30O. The van der Waals surface area contributed by atoms with Gasteiger partial charge < -0.3 is 5.11 Å². The highest BCUT2D eigenvalue weighted by Crippen LogP contribution is 1.86. The number of hydrogen-bond donors (Lipinski definition) is 1. The maximum atomic E-state index is 8.07. The zero-order valence-corrected chi connectivity index (χ0v) is 11.9. The van der Waals surface area contributed by atoms with Crippen LogP contribution in [-0.4, -0.2) is 11.7 Å². The van der Waals surface area contributed by atoms with Gasteiger partial charge in [-0.1, -0.05) is 69.9 Å². The normalized spacial score (nSPS) is 9.18. The lowest BCUT2D eigenvalue weighted by molar-refractivity contribution is 0.287. The van der Waals surface area contributed by atoms with Crippen LogP contribution in [0.15, 0.2) is 49.6 Å². The molecular weight excluding hydrogens is 208 g/mol. The lowest BCUT2D eigenvalue weighted by Gasteiger charge is -1.79. The SMILES string of the molecule is C=CC=C.CC=CCC=CCC.CCCCO. The van der Waals surface area contributed by atoms with Crippen molar-refractivity contribution in [2.24, 2.45) is 0 Å². The number of hydrogen-bond acceptors (Lipinski definition) is 1. The minimum Gasteiger partial charge on any atom is -0.396 e. The molecule has 0 unspecified atom stereocenters. The molecule has 1 nitrogen and oxygen atoms in total. The topological polar surface area (TPSA) is 20.2 Å². The minimum atomic E-state index is 0.344. The number of unbranched alkanes of at least 4 members (excludes halogenated alkanes) is 1. The maximum Gasteiger partial charge on any atom is 0.0430 e. The second kappa shape index (κ2) is 29.4. The van der Waals surface area contributed by atoms with Crippen molar-refractivity contribution in [1.29, 1.82) is 0 Å². The molecule has 0 amide bonds. The molecule has 0 aliphatic heterocycles. The molecule has 0 bridgehead atoms. The van der Waals surface area contributed by atoms with Gasteiger partial charge in [-0.05, 0) is 26.2 Å². The molecule has 0 heterocycles. The molecule has 0 aromatic heterocycles. The van der Waals surface area contributed by atoms with Crippen LogP contribution in [0, 0.1) is 0 Å². The molecule has 0 saturated heterocycles. The van der Waals surface area contributed by atoms with Gasteiger partial charge in [0.2, 0.25) is 0 Å². The largest absolute Gasteiger partial charge is 0.396 e. The lowest BCUT2D eigenvalue weighted by Crippen LogP contribution is -1.75. The summed E-state index contributed by atoms with van der Waals surface area (Å²) in [5.74, 6) is 0. The Balaban J connectivity index is -0.000000188. The number of rotatable bonds is 6. The Hall–Kier alpha value is -1.08. The van der Waals surface area contributed by atoms with Crippen molar-refractivity contribution < 1.29 is 5.11 Å². The molecule has 0 saturated carbocycles. The Kier molecular flexibility index (Phi) is 36.7. The molecule has 0 fully saturated rings. The summed E-state index contributed by atoms with van der Waals surface area (Å²) >= 11 is 0. The summed E-state index contributed by atoms with van der Waals surface area (Å²) in [7, 11) is 0. The Morgan fingerprint density at radius 3 is 1.82 bits per heavy atom. The molecule has 0 rings (SSSR count). The third-order valence-electron chi connectivity index (χ3n) is 1.59. The van der Waals surface area contributed by atoms with Gasteiger partial charge in [0.05, 0.1) is 0 Å². The maximum absolute atomic E-state index is 8.07. The second-order valence-electron chi connectivity index (χ2n) is 3.23. The molecule has 100 valence electrons. The first kappa shape index (κ1) is 21.2. The molecule has 1 heteroatoms. The molecule has 0 aliphatic carbocycles. The highest BCUT2D eigenvalue weighted by Gasteiger charge is 1.69. The lowest BCUT2D eigenvalue weighted by atomic mass is 10.3. The van der Waals surface area contributed by atoms with Crippen LogP contribution >= 0.6 is 0 Å². The predicted octanol–water partition coefficient (Wildman–Crippen LogP) is 5.06. The van der Waals surface area contributed by atoms with Gasteiger partial charge in [0.15, 0.2) is 0 Å². The van der Waals surface area contributed by atoms with Crippen LogP contribution in [0.3, 0.4) is 0 Å². The van der Waals surface area contributed by atoms with Crippen LogP contribution in [0.25, 0.3) is 0 Å². The summed E-state index contributed by atoms with van der Waals surface area (Å²) in [6.07, 6.45) is 16.1. The average Bonchev–Trinajstić information content (AvgIpc) is 2.37. The highest BCUT2D eigenvalue weighted by atomic mass is 16.2. The van der Waals surface area contributed by atoms with Gasteiger partial charge in [-0.15, -0.1) is 0 Å². The zero-order chi connectivity index (χ0) is 13.8. The summed E-state index contributed by atoms with van der Waals surface area (Å²) in [6.45, 7) is 13.3. The van der Waals surface area contributed by atoms with Crippen molar-refractivity contribution in [3.05, 3.63) is 49.6 Å². The third-order valence-corrected chi connectivity index (χ3v) is 1.59. The van der Waals surface area contributed by atoms with E-state index >= 15 is 0 Å². The van der Waals surface area contributed by atoms with E-state index in [0.717, 1.165) is 25.7 Å². The highest BCUT2D eigenvalue weighted by molar-refractivity contribution is 4.90. The Morgan fingerprint density at radius 1 is 1.00 bits per heavy atom. The Bertz CT molecular complexity index is 170. The first-order valence-electron chi connectivity index (χ1n) is 6.35. The van der Waals surface area contributed by atoms with Gasteiger partial charge in [-0.25, -0.2) is 0 Å². The molecule has 0 atom stereocenters. The van der Waals surface area contributed by atoms with E-state index in [1.165, 1.54) is 0 Å². The summed E-state index contributed by atoms with van der Waals surface area (Å²) in [4.78, 5) is 0. The summed E-state index contributed by atoms with van der Waals surface area (Å²) < 4.78 is 0. The van der Waals surface area contributed by atoms with Crippen LogP contribution in [0.2, 0.25) is 0 Å². The standard InChI is InChI=1S/C8H14.C4H10O.C4H6/c1-3-5-7-8-6-4-2;1-2-3-4-5;1-3-4-2/h3,5-6,8H,4,7H2,1-2H3;5H,2-4H2,1H3;3-4H,1-2H2. The van der Waals surface area contributed by atoms with Gasteiger partial charge in [0.25, 0.3) is 0 Å². The van der Waals surface area contributed by atoms with E-state index < -0.39 is 0 Å². The first-order chi connectivity index (χ1) is 8.24. The van der Waals surface area contributed by atoms with Gasteiger partial charge in [-0.3, -0.25) is 0 Å². The van der Waals surface area contributed by atoms with Crippen molar-refractivity contribution >= 4 is 0 Å². The fourth-order valence-electron chi connectivity index (χ4n) is 0.636. The second-order valence-corrected chi connectivity index (χ2v) is 3.23. The van der Waals surface area contributed by atoms with Gasteiger partial charge in [-0.2, -0.15) is 0 Å². The molecule has 0 aliphatic rings. The minimum absolute atomic E-state index is 0.344. The van der Waals surface area contributed by atoms with Gasteiger partial charge >= 0.3 is 0 Å². The van der Waals surface area contributed by atoms with Crippen LogP contribution in [0.5, 0.6) is 0 Å². The van der Waals surface area contributed by atoms with Crippen molar-refractivity contribution in [1.82, 2.24) is 0 Å². The van der Waals surface area contributed by atoms with Crippen LogP contribution < -0.4 is 0 Å². The van der Waals surface area contributed by atoms with E-state index in [9.17, 15) is 0 Å². The van der Waals surface area contributed by atoms with E-state index in [0.29, 0.717) is 6.61 Å². The predicted molar refractivity (Wildman–Crippen MR) is 81.2 cm³/mol. The molecule has 0 aromatic carbocycles. The molecule has 17 heavy (non-hydrogen) atoms. The Morgan fingerprint density at radius 2 is 1.59 bits per heavy atom. The van der Waals surface area contributed by atoms with Crippen molar-refractivity contribution in [2.45, 2.75) is 46.5 Å². The fourth-order valence-corrected chi connectivity index (χ4v) is 0.636. The van der Waals surface area contributed by atoms with E-state index in [1.807, 2.05) is 6.92 Å². The van der Waals surface area contributed by atoms with Crippen LogP contribution in [0.4, 0.5) is 0 Å². The molecule has 0 aromatic rings. The number of aliphatic hydroxyl groups is 1. The smallest absolute Gasteiger partial charge is 0.0430 e. The van der Waals surface area contributed by atoms with Crippen molar-refractivity contribution in [3.8, 4) is 0 Å². The van der Waals surface area contributed by atoms with E-state index in [1.54, 1.807) is 12.2 Å². The molecule has 1 N–H and O–H groups in total. The van der Waals surface area contributed by atoms with E-state index in [4.69, 9.17) is 5.11 Å². The summed E-state index contributed by atoms with van der Waals surface area (Å²) in [5, 5.41) is 8.07. The number of allylic oxidation sites excluding steroid dienone is 6.